The van der Waals surface area contributed by atoms with Crippen LogP contribution >= 0.6 is 0 Å². The third-order valence-corrected chi connectivity index (χ3v) is 4.72. The molecule has 1 aromatic heterocycles. The fourth-order valence-corrected chi connectivity index (χ4v) is 3.56. The summed E-state index contributed by atoms with van der Waals surface area (Å²) in [6, 6.07) is 0.769. The molecule has 5 nitrogen and oxygen atoms in total. The minimum Gasteiger partial charge on any atom is -0.383 e. The topological polar surface area (TPSA) is 42.3 Å². The molecule has 2 aliphatic rings. The second-order valence-electron chi connectivity index (χ2n) is 5.94. The van der Waals surface area contributed by atoms with Gasteiger partial charge in [-0.05, 0) is 38.1 Å². The van der Waals surface area contributed by atoms with Crippen molar-refractivity contribution in [3.8, 4) is 0 Å². The van der Waals surface area contributed by atoms with Crippen LogP contribution in [0.25, 0.3) is 0 Å². The Morgan fingerprint density at radius 1 is 1.35 bits per heavy atom. The van der Waals surface area contributed by atoms with E-state index in [4.69, 9.17) is 4.74 Å². The van der Waals surface area contributed by atoms with Crippen molar-refractivity contribution in [3.63, 3.8) is 0 Å². The number of aromatic nitrogens is 2. The number of methoxy groups -OCH3 is 1. The monoisotopic (exact) mass is 278 g/mol. The van der Waals surface area contributed by atoms with E-state index < -0.39 is 0 Å². The zero-order valence-corrected chi connectivity index (χ0v) is 12.4. The van der Waals surface area contributed by atoms with Crippen molar-refractivity contribution in [1.29, 1.82) is 0 Å². The normalized spacial score (nSPS) is 24.4. The minimum absolute atomic E-state index is 0.742. The Kier molecular flexibility index (Phi) is 4.58. The van der Waals surface area contributed by atoms with Crippen LogP contribution in [0.5, 0.6) is 0 Å². The summed E-state index contributed by atoms with van der Waals surface area (Å²) in [6.45, 7) is 5.10. The van der Waals surface area contributed by atoms with Gasteiger partial charge in [0.1, 0.15) is 0 Å². The summed E-state index contributed by atoms with van der Waals surface area (Å²) in [5, 5.41) is 3.66. The molecule has 0 saturated carbocycles. The van der Waals surface area contributed by atoms with Crippen molar-refractivity contribution in [2.45, 2.75) is 38.3 Å². The zero-order chi connectivity index (χ0) is 13.8. The third kappa shape index (κ3) is 2.99. The summed E-state index contributed by atoms with van der Waals surface area (Å²) in [7, 11) is 1.75. The van der Waals surface area contributed by atoms with Crippen LogP contribution < -0.4 is 10.2 Å². The van der Waals surface area contributed by atoms with Crippen molar-refractivity contribution >= 4 is 5.95 Å². The van der Waals surface area contributed by atoms with Crippen molar-refractivity contribution in [2.24, 2.45) is 5.92 Å². The van der Waals surface area contributed by atoms with Crippen LogP contribution in [0.4, 0.5) is 5.95 Å². The smallest absolute Gasteiger partial charge is 0.205 e. The molecule has 1 aromatic rings. The molecule has 0 radical (unpaired) electrons. The Balaban J connectivity index is 1.56. The van der Waals surface area contributed by atoms with Crippen LogP contribution in [0.2, 0.25) is 0 Å². The summed E-state index contributed by atoms with van der Waals surface area (Å²) in [4.78, 5) is 6.96. The molecule has 112 valence electrons. The number of hydrogen-bond acceptors (Lipinski definition) is 4. The predicted molar refractivity (Wildman–Crippen MR) is 80.1 cm³/mol. The quantitative estimate of drug-likeness (QED) is 0.886. The second kappa shape index (κ2) is 6.59. The summed E-state index contributed by atoms with van der Waals surface area (Å²) < 4.78 is 7.37. The first kappa shape index (κ1) is 13.9. The molecule has 0 bridgehead atoms. The minimum atomic E-state index is 0.742. The third-order valence-electron chi connectivity index (χ3n) is 4.72. The van der Waals surface area contributed by atoms with Gasteiger partial charge in [-0.1, -0.05) is 0 Å². The number of nitrogens with zero attached hydrogens (tertiary/aromatic N) is 3. The lowest BCUT2D eigenvalue weighted by Gasteiger charge is -2.35. The molecule has 1 N–H and O–H groups in total. The van der Waals surface area contributed by atoms with Gasteiger partial charge in [-0.15, -0.1) is 0 Å². The molecular weight excluding hydrogens is 252 g/mol. The molecule has 0 amide bonds. The van der Waals surface area contributed by atoms with Gasteiger partial charge in [0.15, 0.2) is 0 Å². The summed E-state index contributed by atoms with van der Waals surface area (Å²) in [6.07, 6.45) is 9.25. The van der Waals surface area contributed by atoms with Crippen molar-refractivity contribution < 1.29 is 4.74 Å². The van der Waals surface area contributed by atoms with Crippen LogP contribution in [0.15, 0.2) is 12.4 Å². The highest BCUT2D eigenvalue weighted by atomic mass is 16.5. The lowest BCUT2D eigenvalue weighted by atomic mass is 9.89. The van der Waals surface area contributed by atoms with Crippen LogP contribution in [-0.2, 0) is 11.3 Å². The molecule has 2 aliphatic heterocycles. The van der Waals surface area contributed by atoms with Crippen molar-refractivity contribution in [3.05, 3.63) is 12.4 Å². The largest absolute Gasteiger partial charge is 0.383 e. The van der Waals surface area contributed by atoms with Gasteiger partial charge in [0.25, 0.3) is 0 Å². The zero-order valence-electron chi connectivity index (χ0n) is 12.4. The maximum absolute atomic E-state index is 5.17. The van der Waals surface area contributed by atoms with Crippen molar-refractivity contribution in [1.82, 2.24) is 14.9 Å². The average Bonchev–Trinajstić information content (AvgIpc) is 3.16. The number of imidazole rings is 1. The van der Waals surface area contributed by atoms with Crippen LogP contribution in [-0.4, -0.2) is 48.9 Å². The Labute approximate surface area is 121 Å². The Bertz CT molecular complexity index is 406. The number of nitrogens with one attached hydrogen (secondary N) is 1. The van der Waals surface area contributed by atoms with E-state index in [0.717, 1.165) is 44.1 Å². The van der Waals surface area contributed by atoms with E-state index in [0.29, 0.717) is 0 Å². The average molecular weight is 278 g/mol. The van der Waals surface area contributed by atoms with Gasteiger partial charge in [0.05, 0.1) is 6.61 Å². The molecule has 5 heteroatoms. The van der Waals surface area contributed by atoms with Crippen molar-refractivity contribution in [2.75, 3.05) is 38.3 Å². The maximum atomic E-state index is 5.17. The molecule has 20 heavy (non-hydrogen) atoms. The van der Waals surface area contributed by atoms with E-state index in [-0.39, 0.29) is 0 Å². The molecule has 3 heterocycles. The van der Waals surface area contributed by atoms with Gasteiger partial charge >= 0.3 is 0 Å². The molecule has 0 aliphatic carbocycles. The summed E-state index contributed by atoms with van der Waals surface area (Å²) in [5.41, 5.74) is 0. The maximum Gasteiger partial charge on any atom is 0.205 e. The van der Waals surface area contributed by atoms with E-state index in [1.807, 2.05) is 6.20 Å². The van der Waals surface area contributed by atoms with Gasteiger partial charge in [-0.3, -0.25) is 0 Å². The fourth-order valence-electron chi connectivity index (χ4n) is 3.56. The lowest BCUT2D eigenvalue weighted by molar-refractivity contribution is 0.187. The highest BCUT2D eigenvalue weighted by Gasteiger charge is 2.29. The van der Waals surface area contributed by atoms with Gasteiger partial charge < -0.3 is 19.5 Å². The molecule has 3 rings (SSSR count). The number of hydrogen-bond donors (Lipinski definition) is 1. The number of rotatable bonds is 5. The molecule has 1 unspecified atom stereocenters. The Morgan fingerprint density at radius 3 is 2.90 bits per heavy atom. The predicted octanol–water partition coefficient (Wildman–Crippen LogP) is 1.50. The van der Waals surface area contributed by atoms with Gasteiger partial charge in [-0.25, -0.2) is 4.98 Å². The van der Waals surface area contributed by atoms with Gasteiger partial charge in [0.2, 0.25) is 5.95 Å². The lowest BCUT2D eigenvalue weighted by Crippen LogP contribution is -2.41. The molecule has 1 atom stereocenters. The van der Waals surface area contributed by atoms with Crippen LogP contribution in [0, 0.1) is 5.92 Å². The molecule has 2 saturated heterocycles. The number of piperidine rings is 1. The van der Waals surface area contributed by atoms with Crippen LogP contribution in [0.3, 0.4) is 0 Å². The first-order chi connectivity index (χ1) is 9.88. The standard InChI is InChI=1S/C15H26N4O/c1-20-12-11-19-10-7-17-15(19)18-8-4-13(5-9-18)14-3-2-6-16-14/h7,10,13-14,16H,2-6,8-9,11-12H2,1H3. The summed E-state index contributed by atoms with van der Waals surface area (Å²) in [5.74, 6) is 1.97. The highest BCUT2D eigenvalue weighted by Crippen LogP contribution is 2.27. The molecular formula is C15H26N4O. The molecule has 2 fully saturated rings. The fraction of sp³-hybridized carbons (Fsp3) is 0.800. The van der Waals surface area contributed by atoms with E-state index in [9.17, 15) is 0 Å². The van der Waals surface area contributed by atoms with E-state index in [1.165, 1.54) is 32.2 Å². The number of ether oxygens (including phenoxy) is 1. The van der Waals surface area contributed by atoms with E-state index in [1.54, 1.807) is 7.11 Å². The first-order valence-corrected chi connectivity index (χ1v) is 7.87. The Morgan fingerprint density at radius 2 is 2.20 bits per heavy atom. The van der Waals surface area contributed by atoms with Gasteiger partial charge in [0, 0.05) is 45.2 Å². The first-order valence-electron chi connectivity index (χ1n) is 7.87. The molecule has 0 spiro atoms. The number of anilines is 1. The Hall–Kier alpha value is -1.07. The second-order valence-corrected chi connectivity index (χ2v) is 5.94. The summed E-state index contributed by atoms with van der Waals surface area (Å²) >= 11 is 0. The van der Waals surface area contributed by atoms with E-state index in [2.05, 4.69) is 26.0 Å². The van der Waals surface area contributed by atoms with E-state index >= 15 is 0 Å². The SMILES string of the molecule is COCCn1ccnc1N1CCC(C2CCCN2)CC1. The highest BCUT2D eigenvalue weighted by molar-refractivity contribution is 5.32. The molecule has 0 aromatic carbocycles. The van der Waals surface area contributed by atoms with Gasteiger partial charge in [-0.2, -0.15) is 0 Å². The van der Waals surface area contributed by atoms with Crippen LogP contribution in [0.1, 0.15) is 25.7 Å².